The monoisotopic (exact) mass is 367 g/mol. The number of benzene rings is 1. The minimum absolute atomic E-state index is 0.0255. The van der Waals surface area contributed by atoms with Gasteiger partial charge >= 0.3 is 0 Å². The van der Waals surface area contributed by atoms with Crippen molar-refractivity contribution in [2.75, 3.05) is 19.8 Å². The Kier molecular flexibility index (Phi) is 5.96. The molecule has 0 fully saturated rings. The molecule has 1 rings (SSSR count). The first-order valence-electron chi connectivity index (χ1n) is 5.97. The van der Waals surface area contributed by atoms with Crippen molar-refractivity contribution >= 4 is 26.0 Å². The Morgan fingerprint density at radius 2 is 2.10 bits per heavy atom. The van der Waals surface area contributed by atoms with Crippen molar-refractivity contribution in [3.63, 3.8) is 0 Å². The van der Waals surface area contributed by atoms with Gasteiger partial charge in [-0.1, -0.05) is 15.9 Å². The molecule has 0 aliphatic rings. The van der Waals surface area contributed by atoms with Crippen LogP contribution in [0.2, 0.25) is 0 Å². The molecule has 0 aliphatic carbocycles. The Morgan fingerprint density at radius 1 is 1.45 bits per heavy atom. The van der Waals surface area contributed by atoms with E-state index >= 15 is 0 Å². The molecule has 6 nitrogen and oxygen atoms in total. The van der Waals surface area contributed by atoms with Crippen LogP contribution in [-0.4, -0.2) is 44.0 Å². The average Bonchev–Trinajstić information content (AvgIpc) is 2.39. The van der Waals surface area contributed by atoms with Crippen LogP contribution in [0.4, 0.5) is 0 Å². The van der Waals surface area contributed by atoms with E-state index in [-0.39, 0.29) is 17.2 Å². The Hall–Kier alpha value is -0.670. The van der Waals surface area contributed by atoms with E-state index in [4.69, 9.17) is 9.84 Å². The molecule has 3 N–H and O–H groups in total. The third-order valence-corrected chi connectivity index (χ3v) is 4.39. The SMILES string of the molecule is CCOc1ccc(Br)cc1S(=O)(=O)NCC(C)(O)CO. The molecule has 0 bridgehead atoms. The van der Waals surface area contributed by atoms with Crippen LogP contribution >= 0.6 is 15.9 Å². The Morgan fingerprint density at radius 3 is 2.65 bits per heavy atom. The molecule has 0 heterocycles. The number of hydrogen-bond acceptors (Lipinski definition) is 5. The summed E-state index contributed by atoms with van der Waals surface area (Å²) in [6.07, 6.45) is 0. The second-order valence-corrected chi connectivity index (χ2v) is 7.15. The van der Waals surface area contributed by atoms with E-state index in [9.17, 15) is 13.5 Å². The zero-order valence-electron chi connectivity index (χ0n) is 11.3. The fraction of sp³-hybridized carbons (Fsp3) is 0.500. The van der Waals surface area contributed by atoms with Crippen molar-refractivity contribution in [2.24, 2.45) is 0 Å². The molecule has 1 aromatic carbocycles. The molecule has 1 aromatic rings. The number of aliphatic hydroxyl groups is 2. The normalized spacial score (nSPS) is 14.8. The molecular formula is C12H18BrNO5S. The standard InChI is InChI=1S/C12H18BrNO5S/c1-3-19-10-5-4-9(13)6-11(10)20(17,18)14-7-12(2,16)8-15/h4-6,14-16H,3,7-8H2,1-2H3. The van der Waals surface area contributed by atoms with Crippen molar-refractivity contribution in [2.45, 2.75) is 24.3 Å². The maximum atomic E-state index is 12.2. The number of aliphatic hydroxyl groups excluding tert-OH is 1. The number of ether oxygens (including phenoxy) is 1. The van der Waals surface area contributed by atoms with Crippen LogP contribution in [0.25, 0.3) is 0 Å². The maximum absolute atomic E-state index is 12.2. The van der Waals surface area contributed by atoms with E-state index in [1.807, 2.05) is 0 Å². The molecule has 0 saturated heterocycles. The first kappa shape index (κ1) is 17.4. The predicted molar refractivity (Wildman–Crippen MR) is 78.2 cm³/mol. The lowest BCUT2D eigenvalue weighted by Gasteiger charge is -2.21. The van der Waals surface area contributed by atoms with E-state index in [0.29, 0.717) is 11.1 Å². The fourth-order valence-corrected chi connectivity index (χ4v) is 3.19. The highest BCUT2D eigenvalue weighted by atomic mass is 79.9. The van der Waals surface area contributed by atoms with Crippen LogP contribution in [0.5, 0.6) is 5.75 Å². The maximum Gasteiger partial charge on any atom is 0.244 e. The smallest absolute Gasteiger partial charge is 0.244 e. The molecule has 1 atom stereocenters. The Bertz CT molecular complexity index is 559. The highest BCUT2D eigenvalue weighted by Crippen LogP contribution is 2.27. The highest BCUT2D eigenvalue weighted by Gasteiger charge is 2.25. The fourth-order valence-electron chi connectivity index (χ4n) is 1.35. The third kappa shape index (κ3) is 4.71. The molecule has 0 amide bonds. The van der Waals surface area contributed by atoms with Crippen molar-refractivity contribution in [1.82, 2.24) is 4.72 Å². The summed E-state index contributed by atoms with van der Waals surface area (Å²) in [4.78, 5) is -0.0255. The van der Waals surface area contributed by atoms with Gasteiger partial charge in [-0.15, -0.1) is 0 Å². The van der Waals surface area contributed by atoms with Crippen LogP contribution in [0, 0.1) is 0 Å². The number of nitrogens with one attached hydrogen (secondary N) is 1. The van der Waals surface area contributed by atoms with E-state index in [2.05, 4.69) is 20.7 Å². The van der Waals surface area contributed by atoms with Crippen LogP contribution in [0.3, 0.4) is 0 Å². The zero-order valence-corrected chi connectivity index (χ0v) is 13.7. The van der Waals surface area contributed by atoms with Crippen LogP contribution in [0.1, 0.15) is 13.8 Å². The van der Waals surface area contributed by atoms with Crippen molar-refractivity contribution in [3.8, 4) is 5.75 Å². The van der Waals surface area contributed by atoms with Crippen molar-refractivity contribution < 1.29 is 23.4 Å². The number of hydrogen-bond donors (Lipinski definition) is 3. The van der Waals surface area contributed by atoms with Gasteiger partial charge in [0.1, 0.15) is 10.6 Å². The molecule has 0 radical (unpaired) electrons. The first-order valence-corrected chi connectivity index (χ1v) is 8.25. The summed E-state index contributed by atoms with van der Waals surface area (Å²) in [6, 6.07) is 4.64. The van der Waals surface area contributed by atoms with Gasteiger partial charge in [0.15, 0.2) is 0 Å². The van der Waals surface area contributed by atoms with E-state index in [1.54, 1.807) is 19.1 Å². The van der Waals surface area contributed by atoms with Gasteiger partial charge in [0.2, 0.25) is 10.0 Å². The molecule has 0 aliphatic heterocycles. The van der Waals surface area contributed by atoms with Crippen molar-refractivity contribution in [3.05, 3.63) is 22.7 Å². The van der Waals surface area contributed by atoms with E-state index < -0.39 is 22.2 Å². The van der Waals surface area contributed by atoms with Gasteiger partial charge in [-0.05, 0) is 32.0 Å². The summed E-state index contributed by atoms with van der Waals surface area (Å²) in [5.41, 5.74) is -1.52. The number of rotatable bonds is 7. The average molecular weight is 368 g/mol. The highest BCUT2D eigenvalue weighted by molar-refractivity contribution is 9.10. The van der Waals surface area contributed by atoms with Gasteiger partial charge in [0.25, 0.3) is 0 Å². The van der Waals surface area contributed by atoms with E-state index in [1.165, 1.54) is 13.0 Å². The molecule has 0 aromatic heterocycles. The summed E-state index contributed by atoms with van der Waals surface area (Å²) in [7, 11) is -3.86. The topological polar surface area (TPSA) is 95.9 Å². The van der Waals surface area contributed by atoms with Gasteiger partial charge in [-0.3, -0.25) is 0 Å². The largest absolute Gasteiger partial charge is 0.492 e. The summed E-state index contributed by atoms with van der Waals surface area (Å²) < 4.78 is 32.6. The zero-order chi connectivity index (χ0) is 15.4. The lowest BCUT2D eigenvalue weighted by molar-refractivity contribution is 0.00680. The van der Waals surface area contributed by atoms with Gasteiger partial charge in [0.05, 0.1) is 18.8 Å². The van der Waals surface area contributed by atoms with Crippen LogP contribution < -0.4 is 9.46 Å². The number of halogens is 1. The lowest BCUT2D eigenvalue weighted by Crippen LogP contribution is -2.43. The van der Waals surface area contributed by atoms with Crippen LogP contribution in [0.15, 0.2) is 27.6 Å². The molecule has 0 spiro atoms. The molecular weight excluding hydrogens is 350 g/mol. The quantitative estimate of drug-likeness (QED) is 0.664. The van der Waals surface area contributed by atoms with Gasteiger partial charge in [-0.25, -0.2) is 13.1 Å². The minimum atomic E-state index is -3.86. The summed E-state index contributed by atoms with van der Waals surface area (Å²) in [5, 5.41) is 18.6. The molecule has 1 unspecified atom stereocenters. The van der Waals surface area contributed by atoms with Crippen LogP contribution in [-0.2, 0) is 10.0 Å². The van der Waals surface area contributed by atoms with Gasteiger partial charge < -0.3 is 14.9 Å². The Balaban J connectivity index is 3.05. The molecule has 114 valence electrons. The summed E-state index contributed by atoms with van der Waals surface area (Å²) in [6.45, 7) is 2.57. The van der Waals surface area contributed by atoms with Gasteiger partial charge in [-0.2, -0.15) is 0 Å². The minimum Gasteiger partial charge on any atom is -0.492 e. The lowest BCUT2D eigenvalue weighted by atomic mass is 10.1. The molecule has 0 saturated carbocycles. The third-order valence-electron chi connectivity index (χ3n) is 2.48. The second kappa shape index (κ2) is 6.86. The van der Waals surface area contributed by atoms with E-state index in [0.717, 1.165) is 0 Å². The van der Waals surface area contributed by atoms with Gasteiger partial charge in [0, 0.05) is 11.0 Å². The predicted octanol–water partition coefficient (Wildman–Crippen LogP) is 0.869. The van der Waals surface area contributed by atoms with Crippen molar-refractivity contribution in [1.29, 1.82) is 0 Å². The second-order valence-electron chi connectivity index (χ2n) is 4.50. The molecule has 8 heteroatoms. The summed E-state index contributed by atoms with van der Waals surface area (Å²) >= 11 is 3.21. The Labute approximate surface area is 127 Å². The summed E-state index contributed by atoms with van der Waals surface area (Å²) in [5.74, 6) is 0.229. The first-order chi connectivity index (χ1) is 9.22. The molecule has 20 heavy (non-hydrogen) atoms. The number of sulfonamides is 1.